The number of aliphatic hydroxyl groups excluding tert-OH is 2. The predicted octanol–water partition coefficient (Wildman–Crippen LogP) is 1.10. The van der Waals surface area contributed by atoms with Gasteiger partial charge < -0.3 is 30.1 Å². The van der Waals surface area contributed by atoms with Gasteiger partial charge in [-0.05, 0) is 38.5 Å². The Morgan fingerprint density at radius 2 is 1.88 bits per heavy atom. The van der Waals surface area contributed by atoms with Gasteiger partial charge in [-0.15, -0.1) is 0 Å². The zero-order chi connectivity index (χ0) is 18.5. The number of amides is 1. The van der Waals surface area contributed by atoms with Gasteiger partial charge in [-0.3, -0.25) is 0 Å². The number of alkyl carbamates (subject to hydrolysis) is 1. The van der Waals surface area contributed by atoms with Gasteiger partial charge in [0.1, 0.15) is 29.1 Å². The lowest BCUT2D eigenvalue weighted by Crippen LogP contribution is -2.38. The summed E-state index contributed by atoms with van der Waals surface area (Å²) in [6.45, 7) is 4.84. The Balaban J connectivity index is 2.69. The Labute approximate surface area is 140 Å². The number of carbonyl (C=O) groups is 2. The van der Waals surface area contributed by atoms with E-state index in [2.05, 4.69) is 10.1 Å². The van der Waals surface area contributed by atoms with Crippen molar-refractivity contribution in [3.63, 3.8) is 0 Å². The van der Waals surface area contributed by atoms with E-state index in [4.69, 9.17) is 4.74 Å². The molecule has 0 bridgehead atoms. The van der Waals surface area contributed by atoms with E-state index in [1.807, 2.05) is 0 Å². The van der Waals surface area contributed by atoms with Crippen LogP contribution in [0, 0.1) is 0 Å². The zero-order valence-electron chi connectivity index (χ0n) is 14.1. The molecule has 24 heavy (non-hydrogen) atoms. The van der Waals surface area contributed by atoms with Gasteiger partial charge in [-0.2, -0.15) is 0 Å². The number of phenols is 1. The number of hydrogen-bond donors (Lipinski definition) is 4. The van der Waals surface area contributed by atoms with E-state index < -0.39 is 29.9 Å². The van der Waals surface area contributed by atoms with Crippen LogP contribution >= 0.6 is 0 Å². The lowest BCUT2D eigenvalue weighted by Gasteiger charge is -2.22. The molecule has 1 aromatic carbocycles. The average Bonchev–Trinajstić information content (AvgIpc) is 2.49. The fourth-order valence-corrected chi connectivity index (χ4v) is 1.85. The maximum Gasteiger partial charge on any atom is 0.407 e. The minimum absolute atomic E-state index is 0.0604. The maximum absolute atomic E-state index is 11.5. The molecule has 0 aliphatic carbocycles. The number of phenolic OH excluding ortho intramolecular Hbond substituents is 1. The largest absolute Gasteiger partial charge is 0.507 e. The van der Waals surface area contributed by atoms with Crippen LogP contribution in [0.15, 0.2) is 18.2 Å². The Hall–Kier alpha value is -2.32. The third-order valence-electron chi connectivity index (χ3n) is 2.99. The van der Waals surface area contributed by atoms with Crippen LogP contribution in [0.2, 0.25) is 0 Å². The van der Waals surface area contributed by atoms with Gasteiger partial charge in [0.15, 0.2) is 0 Å². The molecule has 2 unspecified atom stereocenters. The minimum Gasteiger partial charge on any atom is -0.507 e. The average molecular weight is 341 g/mol. The number of aliphatic hydroxyl groups is 2. The van der Waals surface area contributed by atoms with Crippen molar-refractivity contribution in [3.8, 4) is 5.75 Å². The normalized spacial score (nSPS) is 13.8. The highest BCUT2D eigenvalue weighted by Gasteiger charge is 2.23. The first-order valence-electron chi connectivity index (χ1n) is 7.29. The first-order chi connectivity index (χ1) is 11.0. The Morgan fingerprint density at radius 3 is 2.38 bits per heavy atom. The van der Waals surface area contributed by atoms with Crippen LogP contribution in [-0.4, -0.2) is 52.7 Å². The molecule has 1 aromatic rings. The van der Waals surface area contributed by atoms with Crippen LogP contribution in [-0.2, 0) is 9.47 Å². The molecule has 0 saturated heterocycles. The second-order valence-electron chi connectivity index (χ2n) is 6.16. The van der Waals surface area contributed by atoms with Crippen LogP contribution in [0.5, 0.6) is 5.75 Å². The molecule has 1 amide bonds. The van der Waals surface area contributed by atoms with Gasteiger partial charge in [0.05, 0.1) is 7.11 Å². The summed E-state index contributed by atoms with van der Waals surface area (Å²) in [7, 11) is 1.18. The molecule has 1 rings (SSSR count). The summed E-state index contributed by atoms with van der Waals surface area (Å²) in [5.74, 6) is -1.11. The second-order valence-corrected chi connectivity index (χ2v) is 6.16. The SMILES string of the molecule is COC(=O)c1ccc(C(O)C(O)CNC(=O)OC(C)(C)C)cc1O. The lowest BCUT2D eigenvalue weighted by molar-refractivity contribution is 0.0128. The van der Waals surface area contributed by atoms with Gasteiger partial charge in [0.25, 0.3) is 0 Å². The quantitative estimate of drug-likeness (QED) is 0.591. The van der Waals surface area contributed by atoms with Crippen molar-refractivity contribution < 1.29 is 34.4 Å². The van der Waals surface area contributed by atoms with Crippen LogP contribution in [0.1, 0.15) is 42.8 Å². The van der Waals surface area contributed by atoms with E-state index in [-0.39, 0.29) is 23.4 Å². The minimum atomic E-state index is -1.38. The predicted molar refractivity (Wildman–Crippen MR) is 84.6 cm³/mol. The van der Waals surface area contributed by atoms with Gasteiger partial charge in [-0.1, -0.05) is 6.07 Å². The number of carbonyl (C=O) groups excluding carboxylic acids is 2. The standard InChI is InChI=1S/C16H23NO7/c1-16(2,3)24-15(22)17-8-12(19)13(20)9-5-6-10(11(18)7-9)14(21)23-4/h5-7,12-13,18-20H,8H2,1-4H3,(H,17,22). The number of hydrogen-bond acceptors (Lipinski definition) is 7. The molecular weight excluding hydrogens is 318 g/mol. The Kier molecular flexibility index (Phi) is 6.56. The van der Waals surface area contributed by atoms with Gasteiger partial charge in [-0.25, -0.2) is 9.59 Å². The van der Waals surface area contributed by atoms with E-state index in [1.54, 1.807) is 20.8 Å². The van der Waals surface area contributed by atoms with Crippen molar-refractivity contribution in [1.29, 1.82) is 0 Å². The molecule has 0 aliphatic heterocycles. The zero-order valence-corrected chi connectivity index (χ0v) is 14.1. The topological polar surface area (TPSA) is 125 Å². The summed E-state index contributed by atoms with van der Waals surface area (Å²) in [5.41, 5.74) is -0.558. The number of nitrogens with one attached hydrogen (secondary N) is 1. The molecule has 0 saturated carbocycles. The number of rotatable bonds is 5. The molecule has 0 spiro atoms. The van der Waals surface area contributed by atoms with Crippen molar-refractivity contribution in [2.75, 3.05) is 13.7 Å². The van der Waals surface area contributed by atoms with E-state index in [1.165, 1.54) is 19.2 Å². The first kappa shape index (κ1) is 19.7. The van der Waals surface area contributed by atoms with Crippen LogP contribution in [0.25, 0.3) is 0 Å². The van der Waals surface area contributed by atoms with Gasteiger partial charge in [0, 0.05) is 6.54 Å². The second kappa shape index (κ2) is 7.98. The van der Waals surface area contributed by atoms with Crippen LogP contribution < -0.4 is 5.32 Å². The summed E-state index contributed by atoms with van der Waals surface area (Å²) < 4.78 is 9.51. The third-order valence-corrected chi connectivity index (χ3v) is 2.99. The fraction of sp³-hybridized carbons (Fsp3) is 0.500. The lowest BCUT2D eigenvalue weighted by atomic mass is 10.0. The number of ether oxygens (including phenoxy) is 2. The molecule has 8 heteroatoms. The Bertz CT molecular complexity index is 595. The fourth-order valence-electron chi connectivity index (χ4n) is 1.85. The smallest absolute Gasteiger partial charge is 0.407 e. The van der Waals surface area contributed by atoms with Gasteiger partial charge in [0.2, 0.25) is 0 Å². The summed E-state index contributed by atoms with van der Waals surface area (Å²) in [6, 6.07) is 3.79. The summed E-state index contributed by atoms with van der Waals surface area (Å²) in [5, 5.41) is 32.1. The molecule has 134 valence electrons. The molecule has 0 radical (unpaired) electrons. The molecule has 8 nitrogen and oxygen atoms in total. The molecule has 0 heterocycles. The van der Waals surface area contributed by atoms with Crippen molar-refractivity contribution in [1.82, 2.24) is 5.32 Å². The molecule has 0 fully saturated rings. The van der Waals surface area contributed by atoms with E-state index in [0.29, 0.717) is 0 Å². The number of esters is 1. The van der Waals surface area contributed by atoms with E-state index in [9.17, 15) is 24.9 Å². The monoisotopic (exact) mass is 341 g/mol. The highest BCUT2D eigenvalue weighted by atomic mass is 16.6. The number of methoxy groups -OCH3 is 1. The van der Waals surface area contributed by atoms with E-state index >= 15 is 0 Å². The highest BCUT2D eigenvalue weighted by molar-refractivity contribution is 5.92. The number of benzene rings is 1. The summed E-state index contributed by atoms with van der Waals surface area (Å²) in [4.78, 5) is 22.9. The Morgan fingerprint density at radius 1 is 1.25 bits per heavy atom. The van der Waals surface area contributed by atoms with Crippen molar-refractivity contribution >= 4 is 12.1 Å². The maximum atomic E-state index is 11.5. The van der Waals surface area contributed by atoms with Crippen molar-refractivity contribution in [2.24, 2.45) is 0 Å². The molecular formula is C16H23NO7. The third kappa shape index (κ3) is 5.71. The number of aromatic hydroxyl groups is 1. The molecule has 2 atom stereocenters. The summed E-state index contributed by atoms with van der Waals surface area (Å²) >= 11 is 0. The first-order valence-corrected chi connectivity index (χ1v) is 7.29. The van der Waals surface area contributed by atoms with Crippen LogP contribution in [0.3, 0.4) is 0 Å². The van der Waals surface area contributed by atoms with Crippen molar-refractivity contribution in [2.45, 2.75) is 38.6 Å². The molecule has 0 aromatic heterocycles. The van der Waals surface area contributed by atoms with Gasteiger partial charge >= 0.3 is 12.1 Å². The highest BCUT2D eigenvalue weighted by Crippen LogP contribution is 2.25. The van der Waals surface area contributed by atoms with Crippen LogP contribution in [0.4, 0.5) is 4.79 Å². The summed E-state index contributed by atoms with van der Waals surface area (Å²) in [6.07, 6.45) is -3.43. The molecule has 0 aliphatic rings. The van der Waals surface area contributed by atoms with E-state index in [0.717, 1.165) is 6.07 Å². The molecule has 4 N–H and O–H groups in total. The van der Waals surface area contributed by atoms with Crippen molar-refractivity contribution in [3.05, 3.63) is 29.3 Å².